The maximum atomic E-state index is 11.1. The van der Waals surface area contributed by atoms with Gasteiger partial charge in [-0.15, -0.1) is 0 Å². The summed E-state index contributed by atoms with van der Waals surface area (Å²) in [4.78, 5) is 20.2. The first kappa shape index (κ1) is 21.1. The van der Waals surface area contributed by atoms with E-state index in [0.717, 1.165) is 11.3 Å². The van der Waals surface area contributed by atoms with Crippen molar-refractivity contribution in [3.05, 3.63) is 36.0 Å². The van der Waals surface area contributed by atoms with Crippen LogP contribution in [0.4, 0.5) is 10.7 Å². The van der Waals surface area contributed by atoms with Crippen molar-refractivity contribution in [2.24, 2.45) is 11.7 Å². The fourth-order valence-electron chi connectivity index (χ4n) is 2.89. The predicted molar refractivity (Wildman–Crippen MR) is 106 cm³/mol. The molecule has 1 heterocycles. The van der Waals surface area contributed by atoms with Crippen LogP contribution in [0.2, 0.25) is 0 Å². The van der Waals surface area contributed by atoms with Gasteiger partial charge in [-0.3, -0.25) is 0 Å². The lowest BCUT2D eigenvalue weighted by Crippen LogP contribution is -2.43. The second-order valence-corrected chi connectivity index (χ2v) is 7.45. The molecule has 148 valence electrons. The van der Waals surface area contributed by atoms with Crippen LogP contribution >= 0.6 is 0 Å². The van der Waals surface area contributed by atoms with Gasteiger partial charge in [0.1, 0.15) is 18.4 Å². The number of ether oxygens (including phenoxy) is 1. The zero-order valence-corrected chi connectivity index (χ0v) is 16.5. The summed E-state index contributed by atoms with van der Waals surface area (Å²) in [7, 11) is 1.36. The molecule has 0 spiro atoms. The van der Waals surface area contributed by atoms with E-state index in [9.17, 15) is 10.1 Å². The molecule has 1 amide bonds. The standard InChI is InChI=1S/C20H25N5O3/c1-13(2)10-20(3,22)12-28-17-6-5-14(9-15(17)11-21)16-7-8-23-18(24-16)25(4)19(26)27/h5-9,13H,10,12,22H2,1-4H3,(H,26,27). The summed E-state index contributed by atoms with van der Waals surface area (Å²) < 4.78 is 5.81. The molecule has 2 aromatic rings. The smallest absolute Gasteiger partial charge is 0.413 e. The van der Waals surface area contributed by atoms with Crippen LogP contribution in [0, 0.1) is 17.2 Å². The van der Waals surface area contributed by atoms with Gasteiger partial charge in [0.2, 0.25) is 5.95 Å². The van der Waals surface area contributed by atoms with E-state index in [2.05, 4.69) is 29.9 Å². The number of anilines is 1. The Kier molecular flexibility index (Phi) is 6.54. The maximum Gasteiger partial charge on any atom is 0.413 e. The Morgan fingerprint density at radius 3 is 2.75 bits per heavy atom. The van der Waals surface area contributed by atoms with E-state index in [4.69, 9.17) is 15.6 Å². The molecular weight excluding hydrogens is 358 g/mol. The van der Waals surface area contributed by atoms with Crippen molar-refractivity contribution in [3.63, 3.8) is 0 Å². The molecule has 8 heteroatoms. The topological polar surface area (TPSA) is 125 Å². The first-order valence-electron chi connectivity index (χ1n) is 8.89. The molecule has 1 aromatic carbocycles. The number of benzene rings is 1. The Morgan fingerprint density at radius 2 is 2.14 bits per heavy atom. The number of nitrogens with two attached hydrogens (primary N) is 1. The molecule has 0 radical (unpaired) electrons. The van der Waals surface area contributed by atoms with Crippen LogP contribution in [0.25, 0.3) is 11.3 Å². The molecule has 0 saturated carbocycles. The summed E-state index contributed by atoms with van der Waals surface area (Å²) in [5.41, 5.74) is 7.28. The molecule has 0 aliphatic rings. The van der Waals surface area contributed by atoms with Crippen LogP contribution in [-0.2, 0) is 0 Å². The largest absolute Gasteiger partial charge is 0.490 e. The third-order valence-electron chi connectivity index (χ3n) is 4.06. The first-order chi connectivity index (χ1) is 13.1. The molecule has 0 saturated heterocycles. The number of carboxylic acid groups (broad SMARTS) is 1. The van der Waals surface area contributed by atoms with E-state index in [1.807, 2.05) is 6.92 Å². The van der Waals surface area contributed by atoms with Gasteiger partial charge in [-0.1, -0.05) is 13.8 Å². The van der Waals surface area contributed by atoms with Crippen LogP contribution in [-0.4, -0.2) is 40.4 Å². The van der Waals surface area contributed by atoms with Crippen molar-refractivity contribution >= 4 is 12.0 Å². The van der Waals surface area contributed by atoms with Crippen LogP contribution in [0.1, 0.15) is 32.8 Å². The molecule has 1 unspecified atom stereocenters. The van der Waals surface area contributed by atoms with Gasteiger partial charge in [-0.05, 0) is 43.5 Å². The monoisotopic (exact) mass is 383 g/mol. The average Bonchev–Trinajstić information content (AvgIpc) is 2.64. The highest BCUT2D eigenvalue weighted by atomic mass is 16.5. The molecule has 0 aliphatic heterocycles. The normalized spacial score (nSPS) is 12.9. The summed E-state index contributed by atoms with van der Waals surface area (Å²) in [5.74, 6) is 0.937. The molecular formula is C20H25N5O3. The van der Waals surface area contributed by atoms with Crippen LogP contribution in [0.3, 0.4) is 0 Å². The van der Waals surface area contributed by atoms with E-state index in [1.54, 1.807) is 24.3 Å². The van der Waals surface area contributed by atoms with Crippen molar-refractivity contribution < 1.29 is 14.6 Å². The highest BCUT2D eigenvalue weighted by Crippen LogP contribution is 2.27. The van der Waals surface area contributed by atoms with Crippen molar-refractivity contribution in [1.29, 1.82) is 5.26 Å². The number of nitrogens with zero attached hydrogens (tertiary/aromatic N) is 4. The van der Waals surface area contributed by atoms with Crippen LogP contribution < -0.4 is 15.4 Å². The molecule has 3 N–H and O–H groups in total. The van der Waals surface area contributed by atoms with E-state index in [1.165, 1.54) is 13.2 Å². The van der Waals surface area contributed by atoms with E-state index in [0.29, 0.717) is 35.1 Å². The van der Waals surface area contributed by atoms with Crippen LogP contribution in [0.15, 0.2) is 30.5 Å². The van der Waals surface area contributed by atoms with Gasteiger partial charge < -0.3 is 15.6 Å². The number of hydrogen-bond donors (Lipinski definition) is 2. The van der Waals surface area contributed by atoms with E-state index >= 15 is 0 Å². The number of carbonyl (C=O) groups is 1. The minimum Gasteiger partial charge on any atom is -0.490 e. The van der Waals surface area contributed by atoms with E-state index in [-0.39, 0.29) is 5.95 Å². The Hall–Kier alpha value is -3.18. The highest BCUT2D eigenvalue weighted by Gasteiger charge is 2.22. The summed E-state index contributed by atoms with van der Waals surface area (Å²) in [6.07, 6.45) is 1.11. The number of rotatable bonds is 7. The summed E-state index contributed by atoms with van der Waals surface area (Å²) in [6.45, 7) is 6.41. The zero-order valence-electron chi connectivity index (χ0n) is 16.5. The molecule has 0 fully saturated rings. The molecule has 0 aliphatic carbocycles. The number of hydrogen-bond acceptors (Lipinski definition) is 6. The average molecular weight is 383 g/mol. The quantitative estimate of drug-likeness (QED) is 0.751. The lowest BCUT2D eigenvalue weighted by molar-refractivity contribution is 0.203. The maximum absolute atomic E-state index is 11.1. The fraction of sp³-hybridized carbons (Fsp3) is 0.400. The minimum atomic E-state index is -1.16. The van der Waals surface area contributed by atoms with Gasteiger partial charge in [-0.2, -0.15) is 5.26 Å². The van der Waals surface area contributed by atoms with E-state index < -0.39 is 11.6 Å². The number of nitriles is 1. The van der Waals surface area contributed by atoms with Crippen molar-refractivity contribution in [2.75, 3.05) is 18.6 Å². The Balaban J connectivity index is 2.25. The Labute approximate surface area is 164 Å². The molecule has 2 rings (SSSR count). The summed E-state index contributed by atoms with van der Waals surface area (Å²) in [6, 6.07) is 8.88. The first-order valence-corrected chi connectivity index (χ1v) is 8.89. The molecule has 0 bridgehead atoms. The van der Waals surface area contributed by atoms with Crippen molar-refractivity contribution in [2.45, 2.75) is 32.7 Å². The highest BCUT2D eigenvalue weighted by molar-refractivity contribution is 5.83. The van der Waals surface area contributed by atoms with Gasteiger partial charge in [0.05, 0.1) is 11.3 Å². The lowest BCUT2D eigenvalue weighted by Gasteiger charge is -2.26. The Bertz CT molecular complexity index is 890. The van der Waals surface area contributed by atoms with Crippen LogP contribution in [0.5, 0.6) is 5.75 Å². The molecule has 1 atom stereocenters. The summed E-state index contributed by atoms with van der Waals surface area (Å²) in [5, 5.41) is 18.6. The van der Waals surface area contributed by atoms with Gasteiger partial charge in [-0.25, -0.2) is 19.7 Å². The molecule has 1 aromatic heterocycles. The second kappa shape index (κ2) is 8.67. The number of aromatic nitrogens is 2. The van der Waals surface area contributed by atoms with Gasteiger partial charge >= 0.3 is 6.09 Å². The second-order valence-electron chi connectivity index (χ2n) is 7.45. The Morgan fingerprint density at radius 1 is 1.43 bits per heavy atom. The van der Waals surface area contributed by atoms with Gasteiger partial charge in [0.25, 0.3) is 0 Å². The van der Waals surface area contributed by atoms with Crippen molar-refractivity contribution in [1.82, 2.24) is 9.97 Å². The minimum absolute atomic E-state index is 0.0522. The van der Waals surface area contributed by atoms with Crippen molar-refractivity contribution in [3.8, 4) is 23.1 Å². The fourth-order valence-corrected chi connectivity index (χ4v) is 2.89. The third kappa shape index (κ3) is 5.41. The van der Waals surface area contributed by atoms with Gasteiger partial charge in [0, 0.05) is 24.3 Å². The molecule has 28 heavy (non-hydrogen) atoms. The predicted octanol–water partition coefficient (Wildman–Crippen LogP) is 3.27. The number of amides is 1. The lowest BCUT2D eigenvalue weighted by atomic mass is 9.93. The molecule has 8 nitrogen and oxygen atoms in total. The summed E-state index contributed by atoms with van der Waals surface area (Å²) >= 11 is 0. The van der Waals surface area contributed by atoms with Gasteiger partial charge in [0.15, 0.2) is 0 Å². The SMILES string of the molecule is CC(C)CC(C)(N)COc1ccc(-c2ccnc(N(C)C(=O)O)n2)cc1C#N. The zero-order chi connectivity index (χ0) is 20.9. The third-order valence-corrected chi connectivity index (χ3v) is 4.06.